The van der Waals surface area contributed by atoms with E-state index in [0.717, 1.165) is 11.8 Å². The lowest BCUT2D eigenvalue weighted by molar-refractivity contribution is 0.0530. The first kappa shape index (κ1) is 12.4. The van der Waals surface area contributed by atoms with Crippen LogP contribution in [0, 0.1) is 5.82 Å². The summed E-state index contributed by atoms with van der Waals surface area (Å²) in [6.07, 6.45) is 4.54. The number of nitrogen functional groups attached to an aromatic ring is 1. The Morgan fingerprint density at radius 3 is 2.72 bits per heavy atom. The Kier molecular flexibility index (Phi) is 3.25. The van der Waals surface area contributed by atoms with E-state index in [1.54, 1.807) is 25.4 Å². The van der Waals surface area contributed by atoms with Crippen molar-refractivity contribution in [3.63, 3.8) is 0 Å². The Hall–Kier alpha value is -2.01. The van der Waals surface area contributed by atoms with Crippen molar-refractivity contribution in [3.8, 4) is 0 Å². The Morgan fingerprint density at radius 2 is 2.11 bits per heavy atom. The normalized spacial score (nSPS) is 14.2. The van der Waals surface area contributed by atoms with Crippen LogP contribution in [-0.2, 0) is 12.0 Å². The third-order valence-corrected chi connectivity index (χ3v) is 2.76. The molecule has 0 spiro atoms. The Balaban J connectivity index is 2.27. The van der Waals surface area contributed by atoms with Crippen LogP contribution in [0.4, 0.5) is 10.1 Å². The van der Waals surface area contributed by atoms with Gasteiger partial charge in [0.05, 0.1) is 11.9 Å². The maximum Gasteiger partial charge on any atom is 0.141 e. The maximum absolute atomic E-state index is 12.8. The van der Waals surface area contributed by atoms with Crippen molar-refractivity contribution < 1.29 is 9.50 Å². The summed E-state index contributed by atoms with van der Waals surface area (Å²) in [5.41, 5.74) is 6.27. The molecule has 0 saturated carbocycles. The standard InChI is InChI=1S/C13H14FN3O/c1-13(18,12-3-2-10(14)8-17-12)6-9-7-16-5-4-11(9)15/h2-5,7-8,18H,6H2,1H3,(H2,15,16). The summed E-state index contributed by atoms with van der Waals surface area (Å²) < 4.78 is 12.8. The van der Waals surface area contributed by atoms with Gasteiger partial charge >= 0.3 is 0 Å². The molecule has 0 aliphatic heterocycles. The third kappa shape index (κ3) is 2.62. The van der Waals surface area contributed by atoms with Crippen LogP contribution in [0.3, 0.4) is 0 Å². The SMILES string of the molecule is CC(O)(Cc1cnccc1N)c1ccc(F)cn1. The molecule has 5 heteroatoms. The van der Waals surface area contributed by atoms with E-state index in [9.17, 15) is 9.50 Å². The minimum atomic E-state index is -1.22. The van der Waals surface area contributed by atoms with Gasteiger partial charge in [-0.15, -0.1) is 0 Å². The average Bonchev–Trinajstić information content (AvgIpc) is 2.32. The molecule has 1 atom stereocenters. The molecule has 0 radical (unpaired) electrons. The summed E-state index contributed by atoms with van der Waals surface area (Å²) in [5, 5.41) is 10.4. The molecule has 0 fully saturated rings. The van der Waals surface area contributed by atoms with Gasteiger partial charge < -0.3 is 10.8 Å². The summed E-state index contributed by atoms with van der Waals surface area (Å²) in [5.74, 6) is -0.435. The van der Waals surface area contributed by atoms with Gasteiger partial charge in [0.15, 0.2) is 0 Å². The number of aliphatic hydroxyl groups is 1. The minimum absolute atomic E-state index is 0.269. The summed E-state index contributed by atoms with van der Waals surface area (Å²) in [7, 11) is 0. The van der Waals surface area contributed by atoms with E-state index in [2.05, 4.69) is 9.97 Å². The van der Waals surface area contributed by atoms with Crippen LogP contribution in [0.2, 0.25) is 0 Å². The van der Waals surface area contributed by atoms with Gasteiger partial charge in [0.1, 0.15) is 11.4 Å². The van der Waals surface area contributed by atoms with Crippen molar-refractivity contribution in [2.75, 3.05) is 5.73 Å². The van der Waals surface area contributed by atoms with Crippen LogP contribution >= 0.6 is 0 Å². The first-order valence-corrected chi connectivity index (χ1v) is 5.52. The molecule has 2 aromatic heterocycles. The second kappa shape index (κ2) is 4.70. The van der Waals surface area contributed by atoms with Crippen LogP contribution < -0.4 is 5.73 Å². The summed E-state index contributed by atoms with van der Waals surface area (Å²) in [6, 6.07) is 4.40. The second-order valence-corrected chi connectivity index (χ2v) is 4.39. The predicted octanol–water partition coefficient (Wildman–Crippen LogP) is 1.65. The lowest BCUT2D eigenvalue weighted by atomic mass is 9.93. The van der Waals surface area contributed by atoms with Gasteiger partial charge in [-0.2, -0.15) is 0 Å². The number of nitrogens with two attached hydrogens (primary N) is 1. The van der Waals surface area contributed by atoms with E-state index in [1.807, 2.05) is 0 Å². The fourth-order valence-corrected chi connectivity index (χ4v) is 1.74. The smallest absolute Gasteiger partial charge is 0.141 e. The van der Waals surface area contributed by atoms with Crippen molar-refractivity contribution in [1.29, 1.82) is 0 Å². The monoisotopic (exact) mass is 247 g/mol. The van der Waals surface area contributed by atoms with Gasteiger partial charge in [0.25, 0.3) is 0 Å². The fourth-order valence-electron chi connectivity index (χ4n) is 1.74. The van der Waals surface area contributed by atoms with Crippen molar-refractivity contribution in [1.82, 2.24) is 9.97 Å². The Bertz CT molecular complexity index is 540. The second-order valence-electron chi connectivity index (χ2n) is 4.39. The topological polar surface area (TPSA) is 72.0 Å². The molecule has 0 aliphatic carbocycles. The number of hydrogen-bond donors (Lipinski definition) is 2. The molecule has 0 bridgehead atoms. The number of rotatable bonds is 3. The molecule has 2 rings (SSSR count). The first-order valence-electron chi connectivity index (χ1n) is 5.52. The summed E-state index contributed by atoms with van der Waals surface area (Å²) >= 11 is 0. The number of pyridine rings is 2. The van der Waals surface area contributed by atoms with Crippen molar-refractivity contribution in [3.05, 3.63) is 53.9 Å². The van der Waals surface area contributed by atoms with Crippen molar-refractivity contribution >= 4 is 5.69 Å². The van der Waals surface area contributed by atoms with Gasteiger partial charge in [0.2, 0.25) is 0 Å². The molecular weight excluding hydrogens is 233 g/mol. The van der Waals surface area contributed by atoms with Gasteiger partial charge in [-0.3, -0.25) is 9.97 Å². The summed E-state index contributed by atoms with van der Waals surface area (Å²) in [4.78, 5) is 7.86. The minimum Gasteiger partial charge on any atom is -0.398 e. The quantitative estimate of drug-likeness (QED) is 0.865. The molecule has 2 heterocycles. The molecule has 2 aromatic rings. The van der Waals surface area contributed by atoms with E-state index in [4.69, 9.17) is 5.73 Å². The zero-order valence-corrected chi connectivity index (χ0v) is 9.97. The van der Waals surface area contributed by atoms with Crippen LogP contribution in [0.1, 0.15) is 18.2 Å². The van der Waals surface area contributed by atoms with Gasteiger partial charge in [-0.05, 0) is 30.7 Å². The van der Waals surface area contributed by atoms with Crippen LogP contribution in [0.15, 0.2) is 36.8 Å². The first-order chi connectivity index (χ1) is 8.49. The molecule has 18 heavy (non-hydrogen) atoms. The molecule has 4 nitrogen and oxygen atoms in total. The number of nitrogens with zero attached hydrogens (tertiary/aromatic N) is 2. The van der Waals surface area contributed by atoms with E-state index >= 15 is 0 Å². The molecule has 3 N–H and O–H groups in total. The molecule has 0 aliphatic rings. The number of aromatic nitrogens is 2. The lowest BCUT2D eigenvalue weighted by Crippen LogP contribution is -2.26. The highest BCUT2D eigenvalue weighted by Gasteiger charge is 2.26. The predicted molar refractivity (Wildman–Crippen MR) is 66.1 cm³/mol. The average molecular weight is 247 g/mol. The highest BCUT2D eigenvalue weighted by Crippen LogP contribution is 2.25. The maximum atomic E-state index is 12.8. The largest absolute Gasteiger partial charge is 0.398 e. The van der Waals surface area contributed by atoms with E-state index in [1.165, 1.54) is 12.1 Å². The molecule has 0 amide bonds. The van der Waals surface area contributed by atoms with Gasteiger partial charge in [0, 0.05) is 24.5 Å². The Labute approximate surface area is 104 Å². The lowest BCUT2D eigenvalue weighted by Gasteiger charge is -2.23. The van der Waals surface area contributed by atoms with E-state index in [-0.39, 0.29) is 6.42 Å². The number of anilines is 1. The zero-order chi connectivity index (χ0) is 13.2. The van der Waals surface area contributed by atoms with E-state index in [0.29, 0.717) is 11.4 Å². The number of halogens is 1. The van der Waals surface area contributed by atoms with Gasteiger partial charge in [-0.1, -0.05) is 0 Å². The fraction of sp³-hybridized carbons (Fsp3) is 0.231. The van der Waals surface area contributed by atoms with Crippen molar-refractivity contribution in [2.24, 2.45) is 0 Å². The van der Waals surface area contributed by atoms with Crippen LogP contribution in [-0.4, -0.2) is 15.1 Å². The summed E-state index contributed by atoms with van der Waals surface area (Å²) in [6.45, 7) is 1.61. The number of hydrogen-bond acceptors (Lipinski definition) is 4. The van der Waals surface area contributed by atoms with Crippen LogP contribution in [0.25, 0.3) is 0 Å². The van der Waals surface area contributed by atoms with E-state index < -0.39 is 11.4 Å². The highest BCUT2D eigenvalue weighted by molar-refractivity contribution is 5.45. The molecule has 0 saturated heterocycles. The highest BCUT2D eigenvalue weighted by atomic mass is 19.1. The molecule has 1 unspecified atom stereocenters. The molecule has 94 valence electrons. The molecular formula is C13H14FN3O. The Morgan fingerprint density at radius 1 is 1.33 bits per heavy atom. The van der Waals surface area contributed by atoms with Crippen molar-refractivity contribution in [2.45, 2.75) is 18.9 Å². The zero-order valence-electron chi connectivity index (χ0n) is 9.97. The van der Waals surface area contributed by atoms with Crippen LogP contribution in [0.5, 0.6) is 0 Å². The van der Waals surface area contributed by atoms with Gasteiger partial charge in [-0.25, -0.2) is 4.39 Å². The third-order valence-electron chi connectivity index (χ3n) is 2.76. The molecule has 0 aromatic carbocycles.